The number of carbonyl (C=O) groups excluding carboxylic acids is 3. The van der Waals surface area contributed by atoms with E-state index in [4.69, 9.17) is 0 Å². The Bertz CT molecular complexity index is 671. The van der Waals surface area contributed by atoms with E-state index >= 15 is 0 Å². The van der Waals surface area contributed by atoms with E-state index in [0.717, 1.165) is 31.2 Å². The van der Waals surface area contributed by atoms with Crippen LogP contribution in [0.1, 0.15) is 50.6 Å². The molecule has 2 fully saturated rings. The van der Waals surface area contributed by atoms with Crippen molar-refractivity contribution in [3.8, 4) is 0 Å². The van der Waals surface area contributed by atoms with Crippen LogP contribution in [0.5, 0.6) is 0 Å². The summed E-state index contributed by atoms with van der Waals surface area (Å²) < 4.78 is 0. The fourth-order valence-corrected chi connectivity index (χ4v) is 3.71. The average molecular weight is 358 g/mol. The summed E-state index contributed by atoms with van der Waals surface area (Å²) in [6.45, 7) is 2.64. The van der Waals surface area contributed by atoms with Crippen molar-refractivity contribution in [2.45, 2.75) is 50.6 Å². The molecule has 3 rings (SSSR count). The van der Waals surface area contributed by atoms with E-state index in [1.807, 2.05) is 37.3 Å². The lowest BCUT2D eigenvalue weighted by Gasteiger charge is -2.20. The number of imide groups is 1. The molecule has 1 aromatic rings. The van der Waals surface area contributed by atoms with Crippen LogP contribution in [0.3, 0.4) is 0 Å². The zero-order valence-electron chi connectivity index (χ0n) is 15.1. The lowest BCUT2D eigenvalue weighted by atomic mass is 9.98. The van der Waals surface area contributed by atoms with Crippen LogP contribution in [-0.4, -0.2) is 41.5 Å². The van der Waals surface area contributed by atoms with Gasteiger partial charge in [0.2, 0.25) is 0 Å². The van der Waals surface area contributed by atoms with E-state index in [0.29, 0.717) is 19.5 Å². The Morgan fingerprint density at radius 1 is 1.23 bits per heavy atom. The first-order valence-corrected chi connectivity index (χ1v) is 9.25. The highest BCUT2D eigenvalue weighted by molar-refractivity contribution is 6.07. The molecule has 1 spiro atoms. The number of nitrogens with zero attached hydrogens (tertiary/aromatic N) is 1. The van der Waals surface area contributed by atoms with Crippen molar-refractivity contribution >= 4 is 18.0 Å². The van der Waals surface area contributed by atoms with Gasteiger partial charge < -0.3 is 16.0 Å². The first-order chi connectivity index (χ1) is 12.5. The minimum Gasteiger partial charge on any atom is -0.338 e. The third-order valence-electron chi connectivity index (χ3n) is 5.19. The van der Waals surface area contributed by atoms with Gasteiger partial charge in [-0.3, -0.25) is 9.69 Å². The average Bonchev–Trinajstić information content (AvgIpc) is 3.19. The Morgan fingerprint density at radius 3 is 2.62 bits per heavy atom. The number of amides is 5. The smallest absolute Gasteiger partial charge is 0.325 e. The molecular weight excluding hydrogens is 332 g/mol. The van der Waals surface area contributed by atoms with Gasteiger partial charge in [0.05, 0.1) is 6.04 Å². The molecule has 0 radical (unpaired) electrons. The van der Waals surface area contributed by atoms with Crippen LogP contribution in [0, 0.1) is 0 Å². The van der Waals surface area contributed by atoms with E-state index in [-0.39, 0.29) is 24.0 Å². The second-order valence-corrected chi connectivity index (χ2v) is 7.06. The van der Waals surface area contributed by atoms with E-state index in [1.54, 1.807) is 0 Å². The molecule has 5 amide bonds. The number of urea groups is 2. The highest BCUT2D eigenvalue weighted by Gasteiger charge is 2.51. The molecule has 1 aromatic carbocycles. The number of hydrogen-bond donors (Lipinski definition) is 3. The maximum Gasteiger partial charge on any atom is 0.325 e. The second kappa shape index (κ2) is 7.76. The number of carbonyl (C=O) groups is 3. The predicted molar refractivity (Wildman–Crippen MR) is 97.5 cm³/mol. The van der Waals surface area contributed by atoms with E-state index < -0.39 is 5.54 Å². The molecule has 2 aliphatic rings. The monoisotopic (exact) mass is 358 g/mol. The summed E-state index contributed by atoms with van der Waals surface area (Å²) in [5.74, 6) is -0.109. The number of benzene rings is 1. The van der Waals surface area contributed by atoms with Gasteiger partial charge in [-0.1, -0.05) is 43.2 Å². The van der Waals surface area contributed by atoms with Crippen LogP contribution in [0.2, 0.25) is 0 Å². The molecule has 1 saturated heterocycles. The zero-order valence-corrected chi connectivity index (χ0v) is 15.1. The van der Waals surface area contributed by atoms with Crippen LogP contribution < -0.4 is 16.0 Å². The summed E-state index contributed by atoms with van der Waals surface area (Å²) in [7, 11) is 0. The zero-order chi connectivity index (χ0) is 18.6. The van der Waals surface area contributed by atoms with Gasteiger partial charge in [-0.15, -0.1) is 0 Å². The summed E-state index contributed by atoms with van der Waals surface area (Å²) in [5.41, 5.74) is 0.372. The van der Waals surface area contributed by atoms with Crippen LogP contribution in [-0.2, 0) is 4.79 Å². The molecule has 3 N–H and O–H groups in total. The first-order valence-electron chi connectivity index (χ1n) is 9.25. The molecule has 140 valence electrons. The van der Waals surface area contributed by atoms with Crippen molar-refractivity contribution in [1.29, 1.82) is 0 Å². The highest BCUT2D eigenvalue weighted by atomic mass is 16.2. The minimum atomic E-state index is -0.660. The molecule has 7 heteroatoms. The largest absolute Gasteiger partial charge is 0.338 e. The third kappa shape index (κ3) is 3.81. The Labute approximate surface area is 153 Å². The Balaban J connectivity index is 1.39. The maximum absolute atomic E-state index is 12.5. The lowest BCUT2D eigenvalue weighted by Crippen LogP contribution is -2.44. The normalized spacial score (nSPS) is 19.5. The summed E-state index contributed by atoms with van der Waals surface area (Å²) in [6, 6.07) is 9.06. The topological polar surface area (TPSA) is 90.5 Å². The maximum atomic E-state index is 12.5. The van der Waals surface area contributed by atoms with Crippen molar-refractivity contribution in [1.82, 2.24) is 20.9 Å². The number of nitrogens with one attached hydrogen (secondary N) is 3. The fourth-order valence-electron chi connectivity index (χ4n) is 3.71. The molecule has 0 bridgehead atoms. The quantitative estimate of drug-likeness (QED) is 0.538. The molecule has 26 heavy (non-hydrogen) atoms. The SMILES string of the molecule is CC(NC(=O)NCCCN1C(=O)NC2(CCCC2)C1=O)c1ccccc1. The van der Waals surface area contributed by atoms with Gasteiger partial charge in [-0.05, 0) is 31.7 Å². The molecular formula is C19H26N4O3. The van der Waals surface area contributed by atoms with Crippen LogP contribution in [0.15, 0.2) is 30.3 Å². The van der Waals surface area contributed by atoms with Crippen molar-refractivity contribution in [3.63, 3.8) is 0 Å². The summed E-state index contributed by atoms with van der Waals surface area (Å²) in [6.07, 6.45) is 3.93. The lowest BCUT2D eigenvalue weighted by molar-refractivity contribution is -0.131. The predicted octanol–water partition coefficient (Wildman–Crippen LogP) is 2.30. The highest BCUT2D eigenvalue weighted by Crippen LogP contribution is 2.34. The standard InChI is InChI=1S/C19H26N4O3/c1-14(15-8-3-2-4-9-15)21-17(25)20-12-7-13-23-16(24)19(22-18(23)26)10-5-6-11-19/h2-4,8-9,14H,5-7,10-13H2,1H3,(H,22,26)(H2,20,21,25). The molecule has 1 unspecified atom stereocenters. The second-order valence-electron chi connectivity index (χ2n) is 7.06. The Kier molecular flexibility index (Phi) is 5.44. The van der Waals surface area contributed by atoms with Gasteiger partial charge in [0.1, 0.15) is 5.54 Å². The van der Waals surface area contributed by atoms with Crippen LogP contribution >= 0.6 is 0 Å². The molecule has 1 heterocycles. The van der Waals surface area contributed by atoms with Gasteiger partial charge in [0.15, 0.2) is 0 Å². The van der Waals surface area contributed by atoms with E-state index in [1.165, 1.54) is 4.90 Å². The summed E-state index contributed by atoms with van der Waals surface area (Å²) in [5, 5.41) is 8.51. The summed E-state index contributed by atoms with van der Waals surface area (Å²) >= 11 is 0. The Hall–Kier alpha value is -2.57. The number of hydrogen-bond acceptors (Lipinski definition) is 3. The number of rotatable bonds is 6. The van der Waals surface area contributed by atoms with Gasteiger partial charge in [-0.25, -0.2) is 9.59 Å². The van der Waals surface area contributed by atoms with Crippen molar-refractivity contribution in [3.05, 3.63) is 35.9 Å². The van der Waals surface area contributed by atoms with Crippen LogP contribution in [0.4, 0.5) is 9.59 Å². The van der Waals surface area contributed by atoms with Gasteiger partial charge in [-0.2, -0.15) is 0 Å². The van der Waals surface area contributed by atoms with Crippen molar-refractivity contribution in [2.24, 2.45) is 0 Å². The van der Waals surface area contributed by atoms with E-state index in [9.17, 15) is 14.4 Å². The fraction of sp³-hybridized carbons (Fsp3) is 0.526. The van der Waals surface area contributed by atoms with E-state index in [2.05, 4.69) is 16.0 Å². The molecule has 1 saturated carbocycles. The molecule has 0 aromatic heterocycles. The van der Waals surface area contributed by atoms with Gasteiger partial charge >= 0.3 is 12.1 Å². The van der Waals surface area contributed by atoms with Crippen molar-refractivity contribution < 1.29 is 14.4 Å². The van der Waals surface area contributed by atoms with Gasteiger partial charge in [0, 0.05) is 13.1 Å². The van der Waals surface area contributed by atoms with Crippen LogP contribution in [0.25, 0.3) is 0 Å². The minimum absolute atomic E-state index is 0.0932. The third-order valence-corrected chi connectivity index (χ3v) is 5.19. The van der Waals surface area contributed by atoms with Gasteiger partial charge in [0.25, 0.3) is 5.91 Å². The summed E-state index contributed by atoms with van der Waals surface area (Å²) in [4.78, 5) is 37.8. The molecule has 1 atom stereocenters. The Morgan fingerprint density at radius 2 is 1.92 bits per heavy atom. The first kappa shape index (κ1) is 18.2. The van der Waals surface area contributed by atoms with Crippen molar-refractivity contribution in [2.75, 3.05) is 13.1 Å². The molecule has 7 nitrogen and oxygen atoms in total. The molecule has 1 aliphatic heterocycles. The molecule has 1 aliphatic carbocycles.